The first-order valence-corrected chi connectivity index (χ1v) is 6.45. The maximum Gasteiger partial charge on any atom is 0.240 e. The van der Waals surface area contributed by atoms with Gasteiger partial charge in [0.05, 0.1) is 5.71 Å². The summed E-state index contributed by atoms with van der Waals surface area (Å²) in [6.45, 7) is 0. The van der Waals surface area contributed by atoms with Crippen LogP contribution in [0.5, 0.6) is 0 Å². The molecule has 0 aromatic heterocycles. The molecule has 1 atom stereocenters. The van der Waals surface area contributed by atoms with E-state index in [0.717, 1.165) is 37.0 Å². The molecule has 1 aliphatic carbocycles. The monoisotopic (exact) mass is 371 g/mol. The van der Waals surface area contributed by atoms with Crippen molar-refractivity contribution in [3.8, 4) is 0 Å². The van der Waals surface area contributed by atoms with Crippen LogP contribution in [0.3, 0.4) is 0 Å². The van der Waals surface area contributed by atoms with E-state index in [9.17, 15) is 4.79 Å². The lowest BCUT2D eigenvalue weighted by Gasteiger charge is -2.22. The molecule has 1 unspecified atom stereocenters. The predicted octanol–water partition coefficient (Wildman–Crippen LogP) is 1.73. The molecule has 0 fully saturated rings. The normalized spacial score (nSPS) is 21.8. The number of carbonyl (C=O) groups excluding carboxylic acids is 1. The zero-order valence-electron chi connectivity index (χ0n) is 10.7. The van der Waals surface area contributed by atoms with Gasteiger partial charge in [-0.05, 0) is 42.0 Å². The minimum Gasteiger partial charge on any atom is -0.327 e. The molecule has 19 heavy (non-hydrogen) atoms. The van der Waals surface area contributed by atoms with E-state index in [0.29, 0.717) is 12.5 Å². The Bertz CT molecular complexity index is 527. The number of nitrogens with one attached hydrogen (secondary N) is 1. The van der Waals surface area contributed by atoms with E-state index < -0.39 is 0 Å². The molecule has 0 saturated heterocycles. The number of hydrogen-bond acceptors (Lipinski definition) is 3. The van der Waals surface area contributed by atoms with Crippen molar-refractivity contribution in [2.75, 3.05) is 0 Å². The van der Waals surface area contributed by atoms with Gasteiger partial charge >= 0.3 is 0 Å². The van der Waals surface area contributed by atoms with Crippen molar-refractivity contribution in [1.82, 2.24) is 5.43 Å². The van der Waals surface area contributed by atoms with E-state index in [4.69, 9.17) is 5.73 Å². The van der Waals surface area contributed by atoms with E-state index in [1.54, 1.807) is 0 Å². The first kappa shape index (κ1) is 14.5. The first-order chi connectivity index (χ1) is 8.72. The van der Waals surface area contributed by atoms with Gasteiger partial charge in [0.2, 0.25) is 5.91 Å². The fourth-order valence-corrected chi connectivity index (χ4v) is 2.65. The summed E-state index contributed by atoms with van der Waals surface area (Å²) in [6.07, 6.45) is 4.33. The largest absolute Gasteiger partial charge is 0.327 e. The Morgan fingerprint density at radius 1 is 1.21 bits per heavy atom. The molecule has 1 amide bonds. The molecule has 1 aliphatic heterocycles. The number of amides is 1. The number of hydrogen-bond donors (Lipinski definition) is 2. The standard InChI is InChI=1S/C14H17N3O.HI/c15-12-4-3-9-7-11(2-1-10(9)8-12)13-5-6-14(18)17-16-13;/h1-2,7,12H,3-6,8,15H2,(H,17,18);1H. The zero-order valence-corrected chi connectivity index (χ0v) is 13.0. The molecule has 0 spiro atoms. The van der Waals surface area contributed by atoms with Gasteiger partial charge in [-0.3, -0.25) is 4.79 Å². The number of halogens is 1. The molecule has 3 rings (SSSR count). The van der Waals surface area contributed by atoms with Crippen LogP contribution in [0.15, 0.2) is 23.3 Å². The van der Waals surface area contributed by atoms with Gasteiger partial charge in [-0.15, -0.1) is 24.0 Å². The lowest BCUT2D eigenvalue weighted by Crippen LogP contribution is -2.28. The number of hydrazone groups is 1. The highest BCUT2D eigenvalue weighted by molar-refractivity contribution is 14.0. The topological polar surface area (TPSA) is 67.5 Å². The quantitative estimate of drug-likeness (QED) is 0.739. The van der Waals surface area contributed by atoms with Crippen LogP contribution in [0.25, 0.3) is 0 Å². The molecule has 1 aromatic rings. The van der Waals surface area contributed by atoms with Crippen molar-refractivity contribution in [3.63, 3.8) is 0 Å². The number of benzene rings is 1. The van der Waals surface area contributed by atoms with E-state index >= 15 is 0 Å². The number of nitrogens with two attached hydrogens (primary N) is 1. The second-order valence-corrected chi connectivity index (χ2v) is 5.08. The zero-order chi connectivity index (χ0) is 12.5. The Kier molecular flexibility index (Phi) is 4.57. The molecule has 1 aromatic carbocycles. The van der Waals surface area contributed by atoms with E-state index in [-0.39, 0.29) is 29.9 Å². The third-order valence-corrected chi connectivity index (χ3v) is 3.71. The van der Waals surface area contributed by atoms with Gasteiger partial charge in [0.1, 0.15) is 0 Å². The number of fused-ring (bicyclic) bond motifs is 1. The van der Waals surface area contributed by atoms with Crippen molar-refractivity contribution in [1.29, 1.82) is 0 Å². The molecular weight excluding hydrogens is 353 g/mol. The summed E-state index contributed by atoms with van der Waals surface area (Å²) in [5.74, 6) is 0.00248. The van der Waals surface area contributed by atoms with Gasteiger partial charge in [0, 0.05) is 18.9 Å². The second-order valence-electron chi connectivity index (χ2n) is 5.08. The molecule has 0 bridgehead atoms. The van der Waals surface area contributed by atoms with Crippen LogP contribution in [-0.4, -0.2) is 17.7 Å². The maximum absolute atomic E-state index is 11.1. The molecule has 0 radical (unpaired) electrons. The van der Waals surface area contributed by atoms with Gasteiger partial charge in [-0.2, -0.15) is 5.10 Å². The minimum atomic E-state index is 0. The third kappa shape index (κ3) is 3.14. The first-order valence-electron chi connectivity index (χ1n) is 6.45. The summed E-state index contributed by atoms with van der Waals surface area (Å²) in [5, 5.41) is 4.14. The highest BCUT2D eigenvalue weighted by Gasteiger charge is 2.18. The van der Waals surface area contributed by atoms with Crippen molar-refractivity contribution in [2.24, 2.45) is 10.8 Å². The minimum absolute atomic E-state index is 0. The van der Waals surface area contributed by atoms with Gasteiger partial charge in [0.25, 0.3) is 0 Å². The number of nitrogens with zero attached hydrogens (tertiary/aromatic N) is 1. The van der Waals surface area contributed by atoms with Crippen molar-refractivity contribution < 1.29 is 4.79 Å². The van der Waals surface area contributed by atoms with Crippen molar-refractivity contribution in [2.45, 2.75) is 38.1 Å². The molecule has 1 heterocycles. The van der Waals surface area contributed by atoms with Crippen LogP contribution in [0.2, 0.25) is 0 Å². The second kappa shape index (κ2) is 6.00. The Morgan fingerprint density at radius 2 is 2.05 bits per heavy atom. The number of carbonyl (C=O) groups is 1. The Balaban J connectivity index is 0.00000133. The number of aryl methyl sites for hydroxylation is 1. The van der Waals surface area contributed by atoms with Crippen molar-refractivity contribution in [3.05, 3.63) is 34.9 Å². The van der Waals surface area contributed by atoms with Gasteiger partial charge in [-0.25, -0.2) is 5.43 Å². The smallest absolute Gasteiger partial charge is 0.240 e. The highest BCUT2D eigenvalue weighted by Crippen LogP contribution is 2.23. The van der Waals surface area contributed by atoms with Crippen LogP contribution in [0.1, 0.15) is 36.0 Å². The fourth-order valence-electron chi connectivity index (χ4n) is 2.65. The van der Waals surface area contributed by atoms with Crippen LogP contribution < -0.4 is 11.2 Å². The summed E-state index contributed by atoms with van der Waals surface area (Å²) in [6, 6.07) is 6.75. The summed E-state index contributed by atoms with van der Waals surface area (Å²) >= 11 is 0. The third-order valence-electron chi connectivity index (χ3n) is 3.71. The van der Waals surface area contributed by atoms with E-state index in [1.807, 2.05) is 0 Å². The van der Waals surface area contributed by atoms with E-state index in [2.05, 4.69) is 28.7 Å². The van der Waals surface area contributed by atoms with Crippen LogP contribution in [0, 0.1) is 0 Å². The predicted molar refractivity (Wildman–Crippen MR) is 85.8 cm³/mol. The van der Waals surface area contributed by atoms with Crippen molar-refractivity contribution >= 4 is 35.6 Å². The summed E-state index contributed by atoms with van der Waals surface area (Å²) in [7, 11) is 0. The van der Waals surface area contributed by atoms with Gasteiger partial charge < -0.3 is 5.73 Å². The summed E-state index contributed by atoms with van der Waals surface area (Å²) < 4.78 is 0. The summed E-state index contributed by atoms with van der Waals surface area (Å²) in [5.41, 5.74) is 13.4. The molecule has 102 valence electrons. The summed E-state index contributed by atoms with van der Waals surface area (Å²) in [4.78, 5) is 11.1. The average molecular weight is 371 g/mol. The lowest BCUT2D eigenvalue weighted by molar-refractivity contribution is -0.121. The molecule has 5 heteroatoms. The molecular formula is C14H18IN3O. The van der Waals surface area contributed by atoms with Crippen LogP contribution in [0.4, 0.5) is 0 Å². The Morgan fingerprint density at radius 3 is 2.79 bits per heavy atom. The molecule has 4 nitrogen and oxygen atoms in total. The van der Waals surface area contributed by atoms with Gasteiger partial charge in [0.15, 0.2) is 0 Å². The SMILES string of the molecule is I.NC1CCc2cc(C3=NNC(=O)CC3)ccc2C1. The highest BCUT2D eigenvalue weighted by atomic mass is 127. The lowest BCUT2D eigenvalue weighted by atomic mass is 9.86. The Hall–Kier alpha value is -0.950. The van der Waals surface area contributed by atoms with Crippen LogP contribution in [-0.2, 0) is 17.6 Å². The Labute approximate surface area is 129 Å². The fraction of sp³-hybridized carbons (Fsp3) is 0.429. The molecule has 2 aliphatic rings. The van der Waals surface area contributed by atoms with E-state index in [1.165, 1.54) is 11.1 Å². The number of rotatable bonds is 1. The molecule has 3 N–H and O–H groups in total. The van der Waals surface area contributed by atoms with Gasteiger partial charge in [-0.1, -0.05) is 12.1 Å². The maximum atomic E-state index is 11.1. The average Bonchev–Trinajstić information content (AvgIpc) is 2.39. The molecule has 0 saturated carbocycles. The van der Waals surface area contributed by atoms with Crippen LogP contribution >= 0.6 is 24.0 Å².